The third-order valence-electron chi connectivity index (χ3n) is 4.68. The summed E-state index contributed by atoms with van der Waals surface area (Å²) in [6.07, 6.45) is 3.70. The van der Waals surface area contributed by atoms with Crippen molar-refractivity contribution in [1.82, 2.24) is 30.2 Å². The number of amides is 2. The number of aromatic amines is 1. The van der Waals surface area contributed by atoms with E-state index >= 15 is 0 Å². The molecule has 0 fully saturated rings. The fourth-order valence-corrected chi connectivity index (χ4v) is 3.12. The minimum absolute atomic E-state index is 0.122. The van der Waals surface area contributed by atoms with Crippen molar-refractivity contribution in [2.45, 2.75) is 39.3 Å². The first-order chi connectivity index (χ1) is 15.9. The van der Waals surface area contributed by atoms with E-state index in [1.807, 2.05) is 0 Å². The van der Waals surface area contributed by atoms with Crippen LogP contribution in [-0.2, 0) is 9.53 Å². The van der Waals surface area contributed by atoms with Gasteiger partial charge >= 0.3 is 6.09 Å². The van der Waals surface area contributed by atoms with E-state index in [9.17, 15) is 14.0 Å². The lowest BCUT2D eigenvalue weighted by Gasteiger charge is -2.25. The van der Waals surface area contributed by atoms with Crippen molar-refractivity contribution >= 4 is 40.5 Å². The van der Waals surface area contributed by atoms with Crippen LogP contribution in [0.4, 0.5) is 15.0 Å². The maximum atomic E-state index is 14.4. The summed E-state index contributed by atoms with van der Waals surface area (Å²) in [4.78, 5) is 41.3. The maximum absolute atomic E-state index is 14.4. The summed E-state index contributed by atoms with van der Waals surface area (Å²) in [5.41, 5.74) is 0.574. The molecule has 0 aliphatic rings. The van der Waals surface area contributed by atoms with Crippen molar-refractivity contribution in [2.24, 2.45) is 0 Å². The average molecular weight is 492 g/mol. The summed E-state index contributed by atoms with van der Waals surface area (Å²) < 4.78 is 19.6. The molecule has 34 heavy (non-hydrogen) atoms. The van der Waals surface area contributed by atoms with Gasteiger partial charge in [-0.05, 0) is 33.8 Å². The Labute approximate surface area is 201 Å². The maximum Gasteiger partial charge on any atom is 0.410 e. The summed E-state index contributed by atoms with van der Waals surface area (Å²) in [5, 5.41) is 6.59. The molecule has 3 rings (SSSR count). The molecule has 10 nitrogen and oxygen atoms in total. The van der Waals surface area contributed by atoms with Crippen molar-refractivity contribution in [2.75, 3.05) is 25.5 Å². The topological polar surface area (TPSA) is 125 Å². The van der Waals surface area contributed by atoms with Crippen molar-refractivity contribution in [3.05, 3.63) is 35.5 Å². The Morgan fingerprint density at radius 3 is 2.74 bits per heavy atom. The van der Waals surface area contributed by atoms with Gasteiger partial charge in [0.2, 0.25) is 5.91 Å². The number of carbonyl (C=O) groups is 2. The van der Waals surface area contributed by atoms with E-state index in [2.05, 4.69) is 30.6 Å². The van der Waals surface area contributed by atoms with Crippen LogP contribution in [0.3, 0.4) is 0 Å². The lowest BCUT2D eigenvalue weighted by molar-refractivity contribution is -0.121. The van der Waals surface area contributed by atoms with Crippen molar-refractivity contribution in [1.29, 1.82) is 0 Å². The summed E-state index contributed by atoms with van der Waals surface area (Å²) in [7, 11) is 1.58. The molecule has 0 unspecified atom stereocenters. The van der Waals surface area contributed by atoms with Gasteiger partial charge in [-0.1, -0.05) is 11.6 Å². The van der Waals surface area contributed by atoms with Gasteiger partial charge in [-0.3, -0.25) is 4.79 Å². The van der Waals surface area contributed by atoms with Gasteiger partial charge in [-0.15, -0.1) is 0 Å². The molecule has 182 valence electrons. The van der Waals surface area contributed by atoms with Crippen molar-refractivity contribution < 1.29 is 18.7 Å². The highest BCUT2D eigenvalue weighted by Gasteiger charge is 2.21. The number of carbonyl (C=O) groups excluding carboxylic acids is 2. The predicted octanol–water partition coefficient (Wildman–Crippen LogP) is 3.60. The zero-order valence-electron chi connectivity index (χ0n) is 19.6. The molecule has 1 atom stereocenters. The number of aromatic nitrogens is 4. The van der Waals surface area contributed by atoms with Crippen LogP contribution in [0.25, 0.3) is 22.4 Å². The number of likely N-dealkylation sites (N-methyl/N-ethyl adjacent to an activating group) is 1. The molecule has 0 radical (unpaired) electrons. The molecule has 0 aromatic carbocycles. The second kappa shape index (κ2) is 10.2. The predicted molar refractivity (Wildman–Crippen MR) is 127 cm³/mol. The van der Waals surface area contributed by atoms with Gasteiger partial charge in [0, 0.05) is 43.5 Å². The molecule has 2 amide bonds. The zero-order chi connectivity index (χ0) is 25.0. The number of hydrogen-bond acceptors (Lipinski definition) is 7. The number of hydrogen-bond donors (Lipinski definition) is 3. The Morgan fingerprint density at radius 2 is 2.03 bits per heavy atom. The average Bonchev–Trinajstić information content (AvgIpc) is 3.16. The van der Waals surface area contributed by atoms with Crippen LogP contribution in [0.2, 0.25) is 5.02 Å². The lowest BCUT2D eigenvalue weighted by Crippen LogP contribution is -2.43. The second-order valence-electron chi connectivity index (χ2n) is 8.70. The van der Waals surface area contributed by atoms with Gasteiger partial charge in [0.25, 0.3) is 0 Å². The number of pyridine rings is 1. The monoisotopic (exact) mass is 491 g/mol. The van der Waals surface area contributed by atoms with Gasteiger partial charge in [0.05, 0.1) is 11.2 Å². The Kier molecular flexibility index (Phi) is 7.55. The number of halogens is 2. The first-order valence-electron chi connectivity index (χ1n) is 10.6. The van der Waals surface area contributed by atoms with Crippen LogP contribution in [0.1, 0.15) is 27.7 Å². The fraction of sp³-hybridized carbons (Fsp3) is 0.409. The third-order valence-corrected chi connectivity index (χ3v) is 4.89. The molecule has 0 saturated heterocycles. The van der Waals surface area contributed by atoms with Crippen LogP contribution in [0.5, 0.6) is 0 Å². The fourth-order valence-electron chi connectivity index (χ4n) is 2.96. The molecule has 3 aromatic rings. The Bertz CT molecular complexity index is 1190. The Hall–Kier alpha value is -3.47. The van der Waals surface area contributed by atoms with Crippen LogP contribution in [-0.4, -0.2) is 68.6 Å². The van der Waals surface area contributed by atoms with E-state index in [1.54, 1.807) is 47.0 Å². The Morgan fingerprint density at radius 1 is 1.29 bits per heavy atom. The number of ether oxygens (including phenoxy) is 1. The molecule has 0 saturated carbocycles. The van der Waals surface area contributed by atoms with Crippen LogP contribution >= 0.6 is 11.6 Å². The van der Waals surface area contributed by atoms with E-state index in [-0.39, 0.29) is 30.6 Å². The van der Waals surface area contributed by atoms with Crippen molar-refractivity contribution in [3.8, 4) is 11.4 Å². The van der Waals surface area contributed by atoms with E-state index in [0.29, 0.717) is 21.6 Å². The number of nitrogens with zero attached hydrogens (tertiary/aromatic N) is 4. The molecule has 3 aromatic heterocycles. The Balaban J connectivity index is 1.62. The largest absolute Gasteiger partial charge is 0.444 e. The van der Waals surface area contributed by atoms with Gasteiger partial charge in [-0.2, -0.15) is 0 Å². The van der Waals surface area contributed by atoms with Crippen LogP contribution < -0.4 is 10.6 Å². The molecule has 0 bridgehead atoms. The minimum Gasteiger partial charge on any atom is -0.444 e. The first-order valence-corrected chi connectivity index (χ1v) is 11.0. The van der Waals surface area contributed by atoms with Crippen LogP contribution in [0, 0.1) is 5.82 Å². The third kappa shape index (κ3) is 6.31. The number of nitrogens with one attached hydrogen (secondary N) is 3. The molecule has 3 heterocycles. The molecule has 12 heteroatoms. The normalized spacial score (nSPS) is 12.3. The minimum atomic E-state index is -0.803. The molecular weight excluding hydrogens is 465 g/mol. The molecule has 0 aliphatic heterocycles. The van der Waals surface area contributed by atoms with E-state index in [1.165, 1.54) is 11.1 Å². The smallest absolute Gasteiger partial charge is 0.410 e. The standard InChI is InChI=1S/C22H27ClFN7O3/c1-12(20(32)25-6-7-31(5)21(33)34-22(2,3)4)29-19-16(24)11-28-18(30-19)15-10-27-17-14(15)8-13(23)9-26-17/h8-12H,6-7H2,1-5H3,(H,25,32)(H,26,27)(H,28,29,30)/t12-/m0/s1. The zero-order valence-corrected chi connectivity index (χ0v) is 20.3. The lowest BCUT2D eigenvalue weighted by atomic mass is 10.2. The summed E-state index contributed by atoms with van der Waals surface area (Å²) in [6.45, 7) is 7.34. The number of anilines is 1. The first kappa shape index (κ1) is 25.2. The van der Waals surface area contributed by atoms with Crippen molar-refractivity contribution in [3.63, 3.8) is 0 Å². The van der Waals surface area contributed by atoms with Gasteiger partial charge in [-0.25, -0.2) is 24.1 Å². The molecular formula is C22H27ClFN7O3. The second-order valence-corrected chi connectivity index (χ2v) is 9.14. The molecule has 3 N–H and O–H groups in total. The summed E-state index contributed by atoms with van der Waals surface area (Å²) in [5.74, 6) is -0.974. The highest BCUT2D eigenvalue weighted by Crippen LogP contribution is 2.28. The highest BCUT2D eigenvalue weighted by atomic mass is 35.5. The van der Waals surface area contributed by atoms with Gasteiger partial charge in [0.1, 0.15) is 17.3 Å². The van der Waals surface area contributed by atoms with E-state index in [0.717, 1.165) is 6.20 Å². The summed E-state index contributed by atoms with van der Waals surface area (Å²) >= 11 is 6.04. The molecule has 0 aliphatic carbocycles. The number of fused-ring (bicyclic) bond motifs is 1. The molecule has 0 spiro atoms. The number of H-pyrrole nitrogens is 1. The summed E-state index contributed by atoms with van der Waals surface area (Å²) in [6, 6.07) is 0.906. The van der Waals surface area contributed by atoms with Gasteiger partial charge in [0.15, 0.2) is 17.5 Å². The quantitative estimate of drug-likeness (QED) is 0.461. The van der Waals surface area contributed by atoms with E-state index < -0.39 is 23.6 Å². The van der Waals surface area contributed by atoms with Gasteiger partial charge < -0.3 is 25.3 Å². The SMILES string of the molecule is C[C@H](Nc1nc(-c2c[nH]c3ncc(Cl)cc23)ncc1F)C(=O)NCCN(C)C(=O)OC(C)(C)C. The highest BCUT2D eigenvalue weighted by molar-refractivity contribution is 6.31. The van der Waals surface area contributed by atoms with Crippen LogP contribution in [0.15, 0.2) is 24.7 Å². The number of rotatable bonds is 7. The van der Waals surface area contributed by atoms with E-state index in [4.69, 9.17) is 16.3 Å².